The van der Waals surface area contributed by atoms with Gasteiger partial charge in [-0.1, -0.05) is 18.7 Å². The van der Waals surface area contributed by atoms with Crippen LogP contribution in [0.1, 0.15) is 35.6 Å². The molecule has 0 unspecified atom stereocenters. The van der Waals surface area contributed by atoms with Gasteiger partial charge in [0.1, 0.15) is 11.6 Å². The van der Waals surface area contributed by atoms with Crippen molar-refractivity contribution in [1.29, 1.82) is 0 Å². The van der Waals surface area contributed by atoms with Crippen molar-refractivity contribution in [2.24, 2.45) is 0 Å². The number of carbonyl (C=O) groups is 1. The first-order chi connectivity index (χ1) is 9.63. The molecule has 0 spiro atoms. The Hall–Kier alpha value is -1.40. The molecule has 2 rings (SSSR count). The van der Waals surface area contributed by atoms with Crippen LogP contribution in [0.25, 0.3) is 0 Å². The molecular formula is C14H16N2O2S2. The summed E-state index contributed by atoms with van der Waals surface area (Å²) < 4.78 is 10.5. The fourth-order valence-corrected chi connectivity index (χ4v) is 3.36. The third-order valence-corrected chi connectivity index (χ3v) is 4.72. The summed E-state index contributed by atoms with van der Waals surface area (Å²) in [5, 5.41) is 0. The van der Waals surface area contributed by atoms with Gasteiger partial charge in [-0.15, -0.1) is 0 Å². The summed E-state index contributed by atoms with van der Waals surface area (Å²) in [5.74, 6) is 2.44. The van der Waals surface area contributed by atoms with Crippen LogP contribution < -0.4 is 4.74 Å². The highest BCUT2D eigenvalue weighted by molar-refractivity contribution is 8.00. The van der Waals surface area contributed by atoms with Crippen LogP contribution in [0, 0.1) is 0 Å². The number of carbonyl (C=O) groups excluding carboxylic acids is 1. The summed E-state index contributed by atoms with van der Waals surface area (Å²) in [4.78, 5) is 15.9. The summed E-state index contributed by atoms with van der Waals surface area (Å²) in [5.41, 5.74) is 1.70. The van der Waals surface area contributed by atoms with Crippen molar-refractivity contribution in [3.63, 3.8) is 0 Å². The molecule has 0 N–H and O–H groups in total. The Balaban J connectivity index is 2.14. The summed E-state index contributed by atoms with van der Waals surface area (Å²) in [6.07, 6.45) is 0.847. The summed E-state index contributed by atoms with van der Waals surface area (Å²) in [7, 11) is 1.64. The van der Waals surface area contributed by atoms with Crippen molar-refractivity contribution in [2.75, 3.05) is 7.11 Å². The van der Waals surface area contributed by atoms with Crippen molar-refractivity contribution in [2.45, 2.75) is 30.4 Å². The van der Waals surface area contributed by atoms with Crippen molar-refractivity contribution in [3.8, 4) is 5.75 Å². The predicted octanol–water partition coefficient (Wildman–Crippen LogP) is 3.60. The monoisotopic (exact) mass is 308 g/mol. The quantitative estimate of drug-likeness (QED) is 0.603. The van der Waals surface area contributed by atoms with Crippen LogP contribution in [0.2, 0.25) is 0 Å². The minimum absolute atomic E-state index is 0.0584. The van der Waals surface area contributed by atoms with Crippen LogP contribution in [0.15, 0.2) is 22.5 Å². The molecule has 0 radical (unpaired) electrons. The smallest absolute Gasteiger partial charge is 0.170 e. The average Bonchev–Trinajstić information content (AvgIpc) is 2.92. The summed E-state index contributed by atoms with van der Waals surface area (Å²) in [6, 6.07) is 5.51. The molecule has 0 amide bonds. The van der Waals surface area contributed by atoms with Gasteiger partial charge in [0.15, 0.2) is 10.1 Å². The van der Waals surface area contributed by atoms with Gasteiger partial charge in [0.2, 0.25) is 0 Å². The van der Waals surface area contributed by atoms with Gasteiger partial charge in [-0.2, -0.15) is 4.37 Å². The Morgan fingerprint density at radius 2 is 2.25 bits per heavy atom. The minimum Gasteiger partial charge on any atom is -0.496 e. The van der Waals surface area contributed by atoms with E-state index in [0.717, 1.165) is 27.9 Å². The Kier molecular flexibility index (Phi) is 5.14. The Labute approximate surface area is 126 Å². The minimum atomic E-state index is 0.0584. The Bertz CT molecular complexity index is 611. The molecule has 0 saturated carbocycles. The van der Waals surface area contributed by atoms with Crippen molar-refractivity contribution in [3.05, 3.63) is 35.2 Å². The lowest BCUT2D eigenvalue weighted by atomic mass is 10.1. The standard InChI is InChI=1S/C14H16N2O2S2/c1-4-13-15-14(20-16-13)19-8-11-7-10(9(2)17)5-6-12(11)18-3/h5-7H,4,8H2,1-3H3. The van der Waals surface area contributed by atoms with Gasteiger partial charge in [-0.25, -0.2) is 4.98 Å². The zero-order valence-electron chi connectivity index (χ0n) is 11.7. The van der Waals surface area contributed by atoms with E-state index in [1.54, 1.807) is 31.9 Å². The maximum Gasteiger partial charge on any atom is 0.170 e. The molecule has 0 aliphatic heterocycles. The molecule has 0 bridgehead atoms. The van der Waals surface area contributed by atoms with Crippen LogP contribution in [0.5, 0.6) is 5.75 Å². The normalized spacial score (nSPS) is 10.6. The number of aryl methyl sites for hydroxylation is 1. The lowest BCUT2D eigenvalue weighted by Gasteiger charge is -2.08. The van der Waals surface area contributed by atoms with Crippen LogP contribution in [-0.4, -0.2) is 22.3 Å². The van der Waals surface area contributed by atoms with E-state index < -0.39 is 0 Å². The third-order valence-electron chi connectivity index (χ3n) is 2.80. The molecule has 0 aliphatic carbocycles. The van der Waals surface area contributed by atoms with E-state index in [2.05, 4.69) is 9.36 Å². The first-order valence-electron chi connectivity index (χ1n) is 6.27. The molecule has 4 nitrogen and oxygen atoms in total. The number of hydrogen-bond donors (Lipinski definition) is 0. The van der Waals surface area contributed by atoms with Crippen LogP contribution in [0.4, 0.5) is 0 Å². The third kappa shape index (κ3) is 3.58. The van der Waals surface area contributed by atoms with E-state index in [1.165, 1.54) is 11.5 Å². The molecule has 1 aromatic carbocycles. The van der Waals surface area contributed by atoms with Crippen molar-refractivity contribution >= 4 is 29.1 Å². The molecule has 2 aromatic rings. The molecule has 0 aliphatic rings. The van der Waals surface area contributed by atoms with Crippen molar-refractivity contribution in [1.82, 2.24) is 9.36 Å². The highest BCUT2D eigenvalue weighted by Gasteiger charge is 2.10. The molecule has 1 aromatic heterocycles. The highest BCUT2D eigenvalue weighted by atomic mass is 32.2. The fourth-order valence-electron chi connectivity index (χ4n) is 1.69. The van der Waals surface area contributed by atoms with E-state index in [1.807, 2.05) is 19.1 Å². The zero-order chi connectivity index (χ0) is 14.5. The number of methoxy groups -OCH3 is 1. The SMILES string of the molecule is CCc1nsc(SCc2cc(C(C)=O)ccc2OC)n1. The highest BCUT2D eigenvalue weighted by Crippen LogP contribution is 2.29. The molecule has 6 heteroatoms. The number of ketones is 1. The second-order valence-electron chi connectivity index (χ2n) is 4.20. The van der Waals surface area contributed by atoms with E-state index in [0.29, 0.717) is 11.3 Å². The largest absolute Gasteiger partial charge is 0.496 e. The number of rotatable bonds is 6. The van der Waals surface area contributed by atoms with Gasteiger partial charge in [0.05, 0.1) is 7.11 Å². The first kappa shape index (κ1) is 15.0. The number of nitrogens with zero attached hydrogens (tertiary/aromatic N) is 2. The lowest BCUT2D eigenvalue weighted by Crippen LogP contribution is -1.96. The van der Waals surface area contributed by atoms with Crippen molar-refractivity contribution < 1.29 is 9.53 Å². The second-order valence-corrected chi connectivity index (χ2v) is 6.18. The zero-order valence-corrected chi connectivity index (χ0v) is 13.3. The molecule has 20 heavy (non-hydrogen) atoms. The number of aromatic nitrogens is 2. The van der Waals surface area contributed by atoms with E-state index in [4.69, 9.17) is 4.74 Å². The van der Waals surface area contributed by atoms with Gasteiger partial charge in [0.25, 0.3) is 0 Å². The summed E-state index contributed by atoms with van der Waals surface area (Å²) >= 11 is 3.02. The Morgan fingerprint density at radius 1 is 1.45 bits per heavy atom. The molecule has 106 valence electrons. The second kappa shape index (κ2) is 6.85. The topological polar surface area (TPSA) is 52.1 Å². The van der Waals surface area contributed by atoms with E-state index >= 15 is 0 Å². The number of hydrogen-bond acceptors (Lipinski definition) is 6. The Morgan fingerprint density at radius 3 is 2.85 bits per heavy atom. The van der Waals surface area contributed by atoms with E-state index in [-0.39, 0.29) is 5.78 Å². The first-order valence-corrected chi connectivity index (χ1v) is 8.03. The van der Waals surface area contributed by atoms with Crippen LogP contribution in [-0.2, 0) is 12.2 Å². The lowest BCUT2D eigenvalue weighted by molar-refractivity contribution is 0.101. The average molecular weight is 308 g/mol. The van der Waals surface area contributed by atoms with Gasteiger partial charge in [-0.05, 0) is 36.7 Å². The van der Waals surface area contributed by atoms with Gasteiger partial charge in [-0.3, -0.25) is 4.79 Å². The van der Waals surface area contributed by atoms with Crippen LogP contribution >= 0.6 is 23.3 Å². The van der Waals surface area contributed by atoms with E-state index in [9.17, 15) is 4.79 Å². The number of benzene rings is 1. The summed E-state index contributed by atoms with van der Waals surface area (Å²) in [6.45, 7) is 3.60. The fraction of sp³-hybridized carbons (Fsp3) is 0.357. The molecular weight excluding hydrogens is 292 g/mol. The molecule has 1 heterocycles. The van der Waals surface area contributed by atoms with Crippen LogP contribution in [0.3, 0.4) is 0 Å². The number of thioether (sulfide) groups is 1. The van der Waals surface area contributed by atoms with Gasteiger partial charge >= 0.3 is 0 Å². The molecule has 0 saturated heterocycles. The number of ether oxygens (including phenoxy) is 1. The predicted molar refractivity (Wildman–Crippen MR) is 81.8 cm³/mol. The maximum absolute atomic E-state index is 11.4. The van der Waals surface area contributed by atoms with Gasteiger partial charge in [0, 0.05) is 23.3 Å². The molecule has 0 atom stereocenters. The van der Waals surface area contributed by atoms with Gasteiger partial charge < -0.3 is 4.74 Å². The number of Topliss-reactive ketones (excluding diaryl/α,β-unsaturated/α-hetero) is 1. The molecule has 0 fully saturated rings. The maximum atomic E-state index is 11.4.